The Morgan fingerprint density at radius 3 is 1.98 bits per heavy atom. The third-order valence-electron chi connectivity index (χ3n) is 7.59. The summed E-state index contributed by atoms with van der Waals surface area (Å²) in [6, 6.07) is 39.7. The lowest BCUT2D eigenvalue weighted by Gasteiger charge is -2.19. The Kier molecular flexibility index (Phi) is 4.84. The Morgan fingerprint density at radius 1 is 0.575 bits per heavy atom. The Hall–Kier alpha value is -5.07. The van der Waals surface area contributed by atoms with Crippen molar-refractivity contribution in [2.24, 2.45) is 0 Å². The molecule has 0 bridgehead atoms. The summed E-state index contributed by atoms with van der Waals surface area (Å²) in [5.41, 5.74) is 8.46. The van der Waals surface area contributed by atoms with Crippen LogP contribution in [0.5, 0.6) is 0 Å². The van der Waals surface area contributed by atoms with E-state index in [0.717, 1.165) is 50.0 Å². The molecule has 1 aliphatic rings. The number of fused-ring (bicyclic) bond motifs is 5. The maximum absolute atomic E-state index is 13.8. The first-order chi connectivity index (χ1) is 19.6. The summed E-state index contributed by atoms with van der Waals surface area (Å²) in [6.45, 7) is 0. The van der Waals surface area contributed by atoms with Crippen LogP contribution >= 0.6 is 0 Å². The second kappa shape index (κ2) is 8.46. The fourth-order valence-corrected chi connectivity index (χ4v) is 7.47. The molecule has 0 fully saturated rings. The Labute approximate surface area is 231 Å². The highest BCUT2D eigenvalue weighted by Gasteiger charge is 2.33. The molecule has 7 aromatic rings. The lowest BCUT2D eigenvalue weighted by molar-refractivity contribution is 0.589. The molecule has 0 aliphatic carbocycles. The minimum Gasteiger partial charge on any atom is -0.255 e. The molecule has 190 valence electrons. The van der Waals surface area contributed by atoms with E-state index in [2.05, 4.69) is 47.4 Å². The van der Waals surface area contributed by atoms with Crippen molar-refractivity contribution in [2.75, 3.05) is 0 Å². The van der Waals surface area contributed by atoms with Crippen LogP contribution in [0.25, 0.3) is 66.7 Å². The van der Waals surface area contributed by atoms with Crippen molar-refractivity contribution in [1.29, 1.82) is 0 Å². The van der Waals surface area contributed by atoms with Crippen LogP contribution in [0.15, 0.2) is 132 Å². The van der Waals surface area contributed by atoms with Crippen LogP contribution in [0, 0.1) is 0 Å². The van der Waals surface area contributed by atoms with E-state index in [1.54, 1.807) is 18.3 Å². The Balaban J connectivity index is 1.40. The van der Waals surface area contributed by atoms with Gasteiger partial charge < -0.3 is 0 Å². The Morgan fingerprint density at radius 2 is 1.27 bits per heavy atom. The van der Waals surface area contributed by atoms with Gasteiger partial charge in [0.1, 0.15) is 4.90 Å². The minimum absolute atomic E-state index is 0.228. The van der Waals surface area contributed by atoms with Crippen molar-refractivity contribution in [1.82, 2.24) is 13.9 Å². The zero-order chi connectivity index (χ0) is 26.8. The number of aromatic nitrogens is 3. The van der Waals surface area contributed by atoms with Gasteiger partial charge in [-0.1, -0.05) is 84.9 Å². The highest BCUT2D eigenvalue weighted by Crippen LogP contribution is 2.44. The van der Waals surface area contributed by atoms with E-state index < -0.39 is 10.0 Å². The molecule has 0 spiro atoms. The van der Waals surface area contributed by atoms with Crippen molar-refractivity contribution < 1.29 is 8.42 Å². The average molecular weight is 536 g/mol. The maximum Gasteiger partial charge on any atom is 0.270 e. The molecule has 4 aromatic carbocycles. The summed E-state index contributed by atoms with van der Waals surface area (Å²) >= 11 is 0. The van der Waals surface area contributed by atoms with Gasteiger partial charge in [0.15, 0.2) is 0 Å². The topological polar surface area (TPSA) is 64.8 Å². The van der Waals surface area contributed by atoms with Gasteiger partial charge >= 0.3 is 0 Å². The van der Waals surface area contributed by atoms with E-state index in [-0.39, 0.29) is 4.90 Å². The monoisotopic (exact) mass is 535 g/mol. The van der Waals surface area contributed by atoms with Gasteiger partial charge in [0.05, 0.1) is 28.1 Å². The first-order valence-electron chi connectivity index (χ1n) is 13.0. The number of hydrogen-bond acceptors (Lipinski definition) is 4. The molecular formula is C34H21N3O2S. The summed E-state index contributed by atoms with van der Waals surface area (Å²) in [6.07, 6.45) is 1.64. The molecule has 3 aromatic heterocycles. The largest absolute Gasteiger partial charge is 0.270 e. The molecule has 0 atom stereocenters. The van der Waals surface area contributed by atoms with Crippen LogP contribution in [-0.2, 0) is 10.0 Å². The fraction of sp³-hybridized carbons (Fsp3) is 0. The number of pyridine rings is 2. The van der Waals surface area contributed by atoms with Gasteiger partial charge in [0.2, 0.25) is 0 Å². The van der Waals surface area contributed by atoms with Crippen molar-refractivity contribution in [2.45, 2.75) is 4.90 Å². The Bertz CT molecular complexity index is 2160. The first-order valence-corrected chi connectivity index (χ1v) is 14.4. The van der Waals surface area contributed by atoms with Crippen molar-refractivity contribution >= 4 is 31.8 Å². The average Bonchev–Trinajstić information content (AvgIpc) is 3.36. The second-order valence-corrected chi connectivity index (χ2v) is 11.7. The molecule has 0 saturated carbocycles. The van der Waals surface area contributed by atoms with Crippen LogP contribution in [0.2, 0.25) is 0 Å². The zero-order valence-corrected chi connectivity index (χ0v) is 22.0. The number of rotatable bonds is 3. The zero-order valence-electron chi connectivity index (χ0n) is 21.2. The summed E-state index contributed by atoms with van der Waals surface area (Å²) < 4.78 is 29.1. The molecule has 0 saturated heterocycles. The molecule has 0 unspecified atom stereocenters. The molecule has 0 amide bonds. The highest BCUT2D eigenvalue weighted by atomic mass is 32.2. The molecule has 0 N–H and O–H groups in total. The van der Waals surface area contributed by atoms with E-state index >= 15 is 0 Å². The van der Waals surface area contributed by atoms with E-state index in [0.29, 0.717) is 16.7 Å². The van der Waals surface area contributed by atoms with Gasteiger partial charge in [-0.2, -0.15) is 0 Å². The fourth-order valence-electron chi connectivity index (χ4n) is 5.76. The summed E-state index contributed by atoms with van der Waals surface area (Å²) in [4.78, 5) is 9.68. The smallest absolute Gasteiger partial charge is 0.255 e. The molecular weight excluding hydrogens is 514 g/mol. The minimum atomic E-state index is -3.81. The van der Waals surface area contributed by atoms with Gasteiger partial charge in [-0.3, -0.25) is 4.98 Å². The van der Waals surface area contributed by atoms with Gasteiger partial charge in [-0.15, -0.1) is 0 Å². The van der Waals surface area contributed by atoms with E-state index in [9.17, 15) is 8.42 Å². The number of nitrogens with zero attached hydrogens (tertiary/aromatic N) is 3. The van der Waals surface area contributed by atoms with E-state index in [1.165, 1.54) is 3.97 Å². The van der Waals surface area contributed by atoms with Gasteiger partial charge in [-0.05, 0) is 47.5 Å². The van der Waals surface area contributed by atoms with E-state index in [4.69, 9.17) is 4.98 Å². The van der Waals surface area contributed by atoms with Crippen LogP contribution in [0.1, 0.15) is 0 Å². The van der Waals surface area contributed by atoms with Crippen LogP contribution in [0.4, 0.5) is 0 Å². The van der Waals surface area contributed by atoms with Crippen molar-refractivity contribution in [3.05, 3.63) is 128 Å². The number of hydrogen-bond donors (Lipinski definition) is 0. The van der Waals surface area contributed by atoms with E-state index in [1.807, 2.05) is 66.7 Å². The first kappa shape index (κ1) is 22.9. The molecule has 0 radical (unpaired) electrons. The van der Waals surface area contributed by atoms with Crippen LogP contribution in [0.3, 0.4) is 0 Å². The van der Waals surface area contributed by atoms with Gasteiger partial charge in [0, 0.05) is 33.7 Å². The lowest BCUT2D eigenvalue weighted by atomic mass is 9.98. The predicted octanol–water partition coefficient (Wildman–Crippen LogP) is 7.80. The molecule has 40 heavy (non-hydrogen) atoms. The second-order valence-electron chi connectivity index (χ2n) is 9.91. The number of para-hydroxylation sites is 1. The van der Waals surface area contributed by atoms with Crippen molar-refractivity contribution in [3.63, 3.8) is 0 Å². The van der Waals surface area contributed by atoms with Crippen LogP contribution in [-0.4, -0.2) is 22.4 Å². The summed E-state index contributed by atoms with van der Waals surface area (Å²) in [7, 11) is -3.81. The van der Waals surface area contributed by atoms with Gasteiger partial charge in [-0.25, -0.2) is 17.4 Å². The third kappa shape index (κ3) is 3.30. The van der Waals surface area contributed by atoms with Gasteiger partial charge in [0.25, 0.3) is 10.0 Å². The quantitative estimate of drug-likeness (QED) is 0.232. The third-order valence-corrected chi connectivity index (χ3v) is 9.33. The number of benzene rings is 4. The lowest BCUT2D eigenvalue weighted by Crippen LogP contribution is -2.18. The molecule has 6 heteroatoms. The standard InChI is InChI=1S/C34H21N3O2S/c38-40(39)32-15-8-18-35-33(32)27-14-7-13-26-28-19-24(16-17-31(28)37(40)34(26)27)25-20-29(22-9-3-1-4-10-22)36-30(21-25)23-11-5-2-6-12-23/h1-21H. The predicted molar refractivity (Wildman–Crippen MR) is 159 cm³/mol. The molecule has 4 heterocycles. The molecule has 5 nitrogen and oxygen atoms in total. The van der Waals surface area contributed by atoms with Crippen molar-refractivity contribution in [3.8, 4) is 44.9 Å². The normalized spacial score (nSPS) is 13.4. The SMILES string of the molecule is O=S1(=O)c2cccnc2-c2cccc3c4cc(-c5cc(-c6ccccc6)nc(-c6ccccc6)c5)ccc4n1c23. The van der Waals surface area contributed by atoms with Crippen LogP contribution < -0.4 is 0 Å². The summed E-state index contributed by atoms with van der Waals surface area (Å²) in [5.74, 6) is 0. The molecule has 8 rings (SSSR count). The highest BCUT2D eigenvalue weighted by molar-refractivity contribution is 7.90. The molecule has 1 aliphatic heterocycles. The maximum atomic E-state index is 13.8. The summed E-state index contributed by atoms with van der Waals surface area (Å²) in [5, 5.41) is 1.76.